The van der Waals surface area contributed by atoms with Gasteiger partial charge in [-0.1, -0.05) is 41.9 Å². The molecule has 0 radical (unpaired) electrons. The summed E-state index contributed by atoms with van der Waals surface area (Å²) in [6.07, 6.45) is -1.37. The van der Waals surface area contributed by atoms with E-state index >= 15 is 0 Å². The standard InChI is InChI=1S/C17H13ClFNO5S/c18-13-7-6-11(19)8-12(13)15-14(21)16(17(20)24-15)25-26(22,23)9-10-4-2-1-3-5-10/h1-8,15H,9,20H2. The number of hydrogen-bond donors (Lipinski definition) is 1. The van der Waals surface area contributed by atoms with Crippen molar-refractivity contribution in [2.45, 2.75) is 11.9 Å². The van der Waals surface area contributed by atoms with E-state index in [9.17, 15) is 17.6 Å². The van der Waals surface area contributed by atoms with Crippen molar-refractivity contribution in [1.82, 2.24) is 0 Å². The molecule has 1 unspecified atom stereocenters. The summed E-state index contributed by atoms with van der Waals surface area (Å²) < 4.78 is 47.9. The van der Waals surface area contributed by atoms with Gasteiger partial charge in [-0.25, -0.2) is 4.39 Å². The van der Waals surface area contributed by atoms with E-state index in [1.165, 1.54) is 6.07 Å². The molecule has 0 fully saturated rings. The maximum atomic E-state index is 13.4. The van der Waals surface area contributed by atoms with Crippen LogP contribution in [0.3, 0.4) is 0 Å². The maximum absolute atomic E-state index is 13.4. The number of carbonyl (C=O) groups is 1. The second-order valence-electron chi connectivity index (χ2n) is 5.49. The minimum Gasteiger partial charge on any atom is -0.460 e. The quantitative estimate of drug-likeness (QED) is 0.779. The molecule has 1 aliphatic rings. The SMILES string of the molecule is NC1=C(OS(=O)(=O)Cc2ccccc2)C(=O)C(c2cc(F)ccc2Cl)O1. The Morgan fingerprint density at radius 2 is 1.88 bits per heavy atom. The topological polar surface area (TPSA) is 95.7 Å². The second kappa shape index (κ2) is 6.97. The lowest BCUT2D eigenvalue weighted by Crippen LogP contribution is -2.16. The highest BCUT2D eigenvalue weighted by Crippen LogP contribution is 2.36. The molecule has 0 saturated heterocycles. The molecule has 26 heavy (non-hydrogen) atoms. The fraction of sp³-hybridized carbons (Fsp3) is 0.118. The van der Waals surface area contributed by atoms with Crippen LogP contribution in [0.1, 0.15) is 17.2 Å². The van der Waals surface area contributed by atoms with Crippen LogP contribution in [0.15, 0.2) is 60.2 Å². The molecular weight excluding hydrogens is 385 g/mol. The van der Waals surface area contributed by atoms with E-state index in [0.29, 0.717) is 5.56 Å². The molecule has 1 aliphatic heterocycles. The van der Waals surface area contributed by atoms with Crippen molar-refractivity contribution >= 4 is 27.5 Å². The van der Waals surface area contributed by atoms with Gasteiger partial charge in [-0.2, -0.15) is 8.42 Å². The minimum atomic E-state index is -4.15. The van der Waals surface area contributed by atoms with E-state index in [4.69, 9.17) is 26.3 Å². The van der Waals surface area contributed by atoms with Gasteiger partial charge in [0.1, 0.15) is 11.6 Å². The van der Waals surface area contributed by atoms with E-state index < -0.39 is 45.2 Å². The van der Waals surface area contributed by atoms with Crippen LogP contribution >= 0.6 is 11.6 Å². The smallest absolute Gasteiger partial charge is 0.313 e. The fourth-order valence-corrected chi connectivity index (χ4v) is 3.71. The largest absolute Gasteiger partial charge is 0.460 e. The molecule has 0 saturated carbocycles. The van der Waals surface area contributed by atoms with Gasteiger partial charge in [-0.05, 0) is 23.8 Å². The van der Waals surface area contributed by atoms with Gasteiger partial charge in [-0.15, -0.1) is 0 Å². The lowest BCUT2D eigenvalue weighted by molar-refractivity contribution is -0.123. The lowest BCUT2D eigenvalue weighted by Gasteiger charge is -2.11. The zero-order valence-electron chi connectivity index (χ0n) is 13.2. The number of Topliss-reactive ketones (excluding diaryl/α,β-unsaturated/α-hetero) is 1. The molecule has 2 aromatic rings. The summed E-state index contributed by atoms with van der Waals surface area (Å²) in [7, 11) is -4.15. The molecule has 9 heteroatoms. The summed E-state index contributed by atoms with van der Waals surface area (Å²) in [5.74, 6) is -3.09. The predicted molar refractivity (Wildman–Crippen MR) is 91.6 cm³/mol. The molecule has 0 amide bonds. The van der Waals surface area contributed by atoms with E-state index in [-0.39, 0.29) is 10.6 Å². The lowest BCUT2D eigenvalue weighted by atomic mass is 10.1. The van der Waals surface area contributed by atoms with Crippen molar-refractivity contribution < 1.29 is 26.5 Å². The molecule has 3 rings (SSSR count). The normalized spacial score (nSPS) is 17.3. The Balaban J connectivity index is 1.82. The van der Waals surface area contributed by atoms with Gasteiger partial charge < -0.3 is 14.7 Å². The van der Waals surface area contributed by atoms with Crippen molar-refractivity contribution in [3.8, 4) is 0 Å². The van der Waals surface area contributed by atoms with Crippen LogP contribution in [0.4, 0.5) is 4.39 Å². The van der Waals surface area contributed by atoms with Crippen molar-refractivity contribution in [3.63, 3.8) is 0 Å². The molecule has 1 atom stereocenters. The van der Waals surface area contributed by atoms with Crippen LogP contribution in [-0.4, -0.2) is 14.2 Å². The van der Waals surface area contributed by atoms with Crippen molar-refractivity contribution in [2.75, 3.05) is 0 Å². The number of halogens is 2. The Labute approximate surface area is 154 Å². The van der Waals surface area contributed by atoms with Gasteiger partial charge >= 0.3 is 10.1 Å². The van der Waals surface area contributed by atoms with Gasteiger partial charge in [0.25, 0.3) is 0 Å². The molecule has 0 spiro atoms. The van der Waals surface area contributed by atoms with Gasteiger partial charge in [-0.3, -0.25) is 4.79 Å². The first-order valence-electron chi connectivity index (χ1n) is 7.38. The zero-order valence-corrected chi connectivity index (χ0v) is 14.8. The zero-order chi connectivity index (χ0) is 18.9. The third-order valence-electron chi connectivity index (χ3n) is 3.57. The number of carbonyl (C=O) groups excluding carboxylic acids is 1. The first-order valence-corrected chi connectivity index (χ1v) is 9.34. The Morgan fingerprint density at radius 1 is 1.19 bits per heavy atom. The average Bonchev–Trinajstić information content (AvgIpc) is 2.85. The van der Waals surface area contributed by atoms with E-state index in [2.05, 4.69) is 0 Å². The van der Waals surface area contributed by atoms with Crippen LogP contribution in [-0.2, 0) is 29.6 Å². The highest BCUT2D eigenvalue weighted by atomic mass is 35.5. The highest BCUT2D eigenvalue weighted by Gasteiger charge is 2.40. The van der Waals surface area contributed by atoms with Crippen molar-refractivity contribution in [3.05, 3.63) is 82.1 Å². The summed E-state index contributed by atoms with van der Waals surface area (Å²) in [6.45, 7) is 0. The van der Waals surface area contributed by atoms with Crippen molar-refractivity contribution in [2.24, 2.45) is 5.73 Å². The van der Waals surface area contributed by atoms with Crippen LogP contribution in [0.2, 0.25) is 5.02 Å². The number of ketones is 1. The maximum Gasteiger partial charge on any atom is 0.313 e. The van der Waals surface area contributed by atoms with Crippen LogP contribution in [0.5, 0.6) is 0 Å². The van der Waals surface area contributed by atoms with E-state index in [0.717, 1.165) is 12.1 Å². The number of rotatable bonds is 5. The molecule has 0 bridgehead atoms. The molecule has 0 aromatic heterocycles. The highest BCUT2D eigenvalue weighted by molar-refractivity contribution is 7.86. The fourth-order valence-electron chi connectivity index (χ4n) is 2.41. The average molecular weight is 398 g/mol. The first kappa shape index (κ1) is 18.2. The summed E-state index contributed by atoms with van der Waals surface area (Å²) in [5.41, 5.74) is 6.10. The third kappa shape index (κ3) is 3.81. The van der Waals surface area contributed by atoms with Crippen molar-refractivity contribution in [1.29, 1.82) is 0 Å². The molecule has 136 valence electrons. The Morgan fingerprint density at radius 3 is 2.58 bits per heavy atom. The molecule has 6 nitrogen and oxygen atoms in total. The summed E-state index contributed by atoms with van der Waals surface area (Å²) in [5, 5.41) is 0.0749. The minimum absolute atomic E-state index is 0.0265. The predicted octanol–water partition coefficient (Wildman–Crippen LogP) is 2.79. The van der Waals surface area contributed by atoms with Crippen LogP contribution in [0.25, 0.3) is 0 Å². The molecular formula is C17H13ClFNO5S. The van der Waals surface area contributed by atoms with Gasteiger partial charge in [0.05, 0.1) is 0 Å². The van der Waals surface area contributed by atoms with E-state index in [1.807, 2.05) is 0 Å². The Kier molecular flexibility index (Phi) is 4.88. The van der Waals surface area contributed by atoms with Crippen LogP contribution in [0, 0.1) is 5.82 Å². The molecule has 1 heterocycles. The van der Waals surface area contributed by atoms with Gasteiger partial charge in [0, 0.05) is 10.6 Å². The second-order valence-corrected chi connectivity index (χ2v) is 7.47. The summed E-state index contributed by atoms with van der Waals surface area (Å²) >= 11 is 5.96. The first-order chi connectivity index (χ1) is 12.3. The van der Waals surface area contributed by atoms with E-state index in [1.54, 1.807) is 30.3 Å². The van der Waals surface area contributed by atoms with Crippen LogP contribution < -0.4 is 5.73 Å². The number of hydrogen-bond acceptors (Lipinski definition) is 6. The number of ether oxygens (including phenoxy) is 1. The third-order valence-corrected chi connectivity index (χ3v) is 5.02. The summed E-state index contributed by atoms with van der Waals surface area (Å²) in [4.78, 5) is 12.5. The molecule has 0 aliphatic carbocycles. The number of benzene rings is 2. The Bertz CT molecular complexity index is 991. The monoisotopic (exact) mass is 397 g/mol. The molecule has 2 N–H and O–H groups in total. The number of nitrogens with two attached hydrogens (primary N) is 1. The Hall–Kier alpha value is -2.58. The van der Waals surface area contributed by atoms with Gasteiger partial charge in [0.2, 0.25) is 17.4 Å². The molecule has 2 aromatic carbocycles. The summed E-state index contributed by atoms with van der Waals surface area (Å²) in [6, 6.07) is 11.7. The van der Waals surface area contributed by atoms with Gasteiger partial charge in [0.15, 0.2) is 6.10 Å².